The quantitative estimate of drug-likeness (QED) is 0.122. The third-order valence-electron chi connectivity index (χ3n) is 5.37. The third-order valence-corrected chi connectivity index (χ3v) is 5.37. The monoisotopic (exact) mass is 671 g/mol. The number of hydrogen-bond acceptors (Lipinski definition) is 8. The number of aromatic amines is 2. The van der Waals surface area contributed by atoms with E-state index in [4.69, 9.17) is 14.2 Å². The second-order valence-corrected chi connectivity index (χ2v) is 8.91. The zero-order valence-electron chi connectivity index (χ0n) is 26.7. The van der Waals surface area contributed by atoms with Crippen LogP contribution < -0.4 is 4.68 Å². The number of halogens is 6. The first kappa shape index (κ1) is 41.6. The van der Waals surface area contributed by atoms with Crippen LogP contribution in [-0.4, -0.2) is 82.1 Å². The largest absolute Gasteiger partial charge is 0.462 e. The number of hydrogen-bond donors (Lipinski definition) is 2. The Morgan fingerprint density at radius 1 is 0.761 bits per heavy atom. The molecule has 0 bridgehead atoms. The van der Waals surface area contributed by atoms with Crippen LogP contribution in [0.2, 0.25) is 0 Å². The van der Waals surface area contributed by atoms with Gasteiger partial charge >= 0.3 is 17.9 Å². The Morgan fingerprint density at radius 3 is 1.67 bits per heavy atom. The van der Waals surface area contributed by atoms with Gasteiger partial charge in [0, 0.05) is 12.1 Å². The molecule has 3 aromatic heterocycles. The van der Waals surface area contributed by atoms with Crippen molar-refractivity contribution in [3.8, 4) is 0 Å². The highest BCUT2D eigenvalue weighted by molar-refractivity contribution is 5.91. The summed E-state index contributed by atoms with van der Waals surface area (Å²) in [7, 11) is 0. The molecule has 260 valence electrons. The second kappa shape index (κ2) is 22.2. The normalized spacial score (nSPS) is 10.3. The molecule has 0 saturated carbocycles. The fraction of sp³-hybridized carbons (Fsp3) is 0.571. The van der Waals surface area contributed by atoms with Gasteiger partial charge < -0.3 is 14.2 Å². The lowest BCUT2D eigenvalue weighted by atomic mass is 10.3. The van der Waals surface area contributed by atoms with Gasteiger partial charge in [0.15, 0.2) is 0 Å². The first-order valence-corrected chi connectivity index (χ1v) is 14.1. The van der Waals surface area contributed by atoms with Crippen LogP contribution in [0.15, 0.2) is 18.6 Å². The van der Waals surface area contributed by atoms with Crippen LogP contribution in [0.5, 0.6) is 0 Å². The van der Waals surface area contributed by atoms with Crippen LogP contribution in [0.25, 0.3) is 0 Å². The van der Waals surface area contributed by atoms with Crippen LogP contribution in [0.3, 0.4) is 0 Å². The van der Waals surface area contributed by atoms with Crippen molar-refractivity contribution in [1.82, 2.24) is 25.1 Å². The first-order chi connectivity index (χ1) is 21.6. The minimum absolute atomic E-state index is 0.0278. The summed E-state index contributed by atoms with van der Waals surface area (Å²) in [5.74, 6) is -1.35. The van der Waals surface area contributed by atoms with E-state index in [1.54, 1.807) is 41.5 Å². The molecular weight excluding hydrogens is 630 g/mol. The standard InChI is InChI=1S/2C9H12F2N2O2.C7H10N2O2.C3H6F2/c1-3-15-9(14)7-4-13(5-8(10)11)12-6(7)2;1-3-15-9(14)7-4-12-13(6(7)2)5-8(10)11;1-3-11-7(10)6-4-8-9-5(6)2;1-2-3(4)5/h2*4,8H,3,5H2,1-2H3;4H,3H2,1-2H3,(H,8,9);3H,2H2,1H3/p+1. The van der Waals surface area contributed by atoms with Crippen molar-refractivity contribution >= 4 is 17.9 Å². The Balaban J connectivity index is 0.000000621. The number of nitrogens with one attached hydrogen (secondary N) is 2. The van der Waals surface area contributed by atoms with Crippen molar-refractivity contribution in [3.63, 3.8) is 0 Å². The number of aromatic nitrogens is 6. The zero-order chi connectivity index (χ0) is 35.4. The molecule has 0 aliphatic rings. The fourth-order valence-electron chi connectivity index (χ4n) is 3.16. The van der Waals surface area contributed by atoms with Crippen molar-refractivity contribution in [2.45, 2.75) is 87.3 Å². The summed E-state index contributed by atoms with van der Waals surface area (Å²) in [5.41, 5.74) is 2.69. The van der Waals surface area contributed by atoms with Crippen LogP contribution in [0.1, 0.15) is 82.3 Å². The van der Waals surface area contributed by atoms with Gasteiger partial charge in [-0.15, -0.1) is 4.68 Å². The van der Waals surface area contributed by atoms with Gasteiger partial charge in [-0.2, -0.15) is 15.3 Å². The van der Waals surface area contributed by atoms with E-state index in [1.165, 1.54) is 30.2 Å². The van der Waals surface area contributed by atoms with E-state index < -0.39 is 44.3 Å². The van der Waals surface area contributed by atoms with Gasteiger partial charge in [-0.05, 0) is 41.5 Å². The lowest BCUT2D eigenvalue weighted by Crippen LogP contribution is -2.38. The van der Waals surface area contributed by atoms with E-state index in [9.17, 15) is 40.7 Å². The van der Waals surface area contributed by atoms with Gasteiger partial charge in [-0.3, -0.25) is 9.78 Å². The highest BCUT2D eigenvalue weighted by atomic mass is 19.3. The molecule has 3 rings (SSSR count). The number of carbonyl (C=O) groups excluding carboxylic acids is 3. The number of ether oxygens (including phenoxy) is 3. The van der Waals surface area contributed by atoms with Gasteiger partial charge in [0.1, 0.15) is 23.2 Å². The van der Waals surface area contributed by atoms with Crippen molar-refractivity contribution in [3.05, 3.63) is 52.4 Å². The lowest BCUT2D eigenvalue weighted by molar-refractivity contribution is -0.757. The molecule has 12 nitrogen and oxygen atoms in total. The molecule has 46 heavy (non-hydrogen) atoms. The zero-order valence-corrected chi connectivity index (χ0v) is 26.7. The van der Waals surface area contributed by atoms with E-state index in [1.807, 2.05) is 0 Å². The average Bonchev–Trinajstić information content (AvgIpc) is 3.67. The molecule has 3 heterocycles. The number of H-pyrrole nitrogens is 2. The maximum Gasteiger partial charge on any atom is 0.346 e. The molecule has 0 saturated heterocycles. The molecule has 3 aromatic rings. The Bertz CT molecular complexity index is 1310. The summed E-state index contributed by atoms with van der Waals surface area (Å²) in [5, 5.41) is 12.7. The molecule has 0 spiro atoms. The molecule has 0 unspecified atom stereocenters. The van der Waals surface area contributed by atoms with E-state index in [0.717, 1.165) is 10.4 Å². The summed E-state index contributed by atoms with van der Waals surface area (Å²) in [6.45, 7) is 11.5. The molecule has 0 amide bonds. The smallest absolute Gasteiger partial charge is 0.346 e. The van der Waals surface area contributed by atoms with Gasteiger partial charge in [-0.25, -0.2) is 40.7 Å². The van der Waals surface area contributed by atoms with E-state index in [-0.39, 0.29) is 36.7 Å². The summed E-state index contributed by atoms with van der Waals surface area (Å²) in [6, 6.07) is 0. The van der Waals surface area contributed by atoms with Gasteiger partial charge in [0.25, 0.3) is 12.9 Å². The van der Waals surface area contributed by atoms with Crippen molar-refractivity contribution in [2.75, 3.05) is 19.8 Å². The molecule has 18 heteroatoms. The molecular formula is C28H41F6N6O6+. The topological polar surface area (TPSA) is 145 Å². The van der Waals surface area contributed by atoms with Crippen molar-refractivity contribution < 1.29 is 59.6 Å². The number of alkyl halides is 6. The van der Waals surface area contributed by atoms with Gasteiger partial charge in [0.05, 0.1) is 43.6 Å². The third kappa shape index (κ3) is 15.6. The Morgan fingerprint density at radius 2 is 1.26 bits per heavy atom. The summed E-state index contributed by atoms with van der Waals surface area (Å²) in [4.78, 5) is 33.7. The first-order valence-electron chi connectivity index (χ1n) is 14.1. The number of carbonyl (C=O) groups is 3. The Kier molecular flexibility index (Phi) is 20.1. The van der Waals surface area contributed by atoms with Gasteiger partial charge in [-0.1, -0.05) is 6.92 Å². The minimum Gasteiger partial charge on any atom is -0.462 e. The highest BCUT2D eigenvalue weighted by Crippen LogP contribution is 2.11. The molecule has 0 radical (unpaired) electrons. The average molecular weight is 672 g/mol. The van der Waals surface area contributed by atoms with Crippen molar-refractivity contribution in [2.24, 2.45) is 0 Å². The number of rotatable bonds is 11. The molecule has 0 aliphatic carbocycles. The molecule has 0 atom stereocenters. The number of esters is 3. The predicted octanol–water partition coefficient (Wildman–Crippen LogP) is 5.24. The van der Waals surface area contributed by atoms with E-state index in [0.29, 0.717) is 23.6 Å². The minimum atomic E-state index is -2.49. The summed E-state index contributed by atoms with van der Waals surface area (Å²) < 4.78 is 86.3. The van der Waals surface area contributed by atoms with E-state index >= 15 is 0 Å². The maximum atomic E-state index is 12.1. The maximum absolute atomic E-state index is 12.1. The molecule has 0 fully saturated rings. The lowest BCUT2D eigenvalue weighted by Gasteiger charge is -2.04. The Hall–Kier alpha value is -4.38. The fourth-order valence-corrected chi connectivity index (χ4v) is 3.16. The highest BCUT2D eigenvalue weighted by Gasteiger charge is 2.21. The predicted molar refractivity (Wildman–Crippen MR) is 152 cm³/mol. The van der Waals surface area contributed by atoms with Gasteiger partial charge in [0.2, 0.25) is 19.2 Å². The second-order valence-electron chi connectivity index (χ2n) is 8.91. The number of nitrogens with zero attached hydrogens (tertiary/aromatic N) is 4. The van der Waals surface area contributed by atoms with Crippen LogP contribution in [0.4, 0.5) is 26.3 Å². The summed E-state index contributed by atoms with van der Waals surface area (Å²) in [6.07, 6.45) is -3.04. The SMILES string of the molecule is CCC(F)F.CCOC(=O)c1c[n+](CC(F)F)[nH]c1C.CCOC(=O)c1cn[nH]c1C.CCOC(=O)c1cnn(CC(F)F)c1C. The van der Waals surface area contributed by atoms with Crippen molar-refractivity contribution in [1.29, 1.82) is 0 Å². The number of aryl methyl sites for hydroxylation is 2. The molecule has 0 aromatic carbocycles. The van der Waals surface area contributed by atoms with Crippen LogP contribution >= 0.6 is 0 Å². The summed E-state index contributed by atoms with van der Waals surface area (Å²) >= 11 is 0. The molecule has 2 N–H and O–H groups in total. The van der Waals surface area contributed by atoms with Crippen LogP contribution in [-0.2, 0) is 27.3 Å². The Labute approximate surface area is 262 Å². The molecule has 0 aliphatic heterocycles. The van der Waals surface area contributed by atoms with E-state index in [2.05, 4.69) is 20.4 Å². The van der Waals surface area contributed by atoms with Crippen LogP contribution in [0, 0.1) is 20.8 Å².